The quantitative estimate of drug-likeness (QED) is 0.869. The number of nitrogens with one attached hydrogen (secondary N) is 1. The zero-order chi connectivity index (χ0) is 15.3. The van der Waals surface area contributed by atoms with Gasteiger partial charge in [0.1, 0.15) is 5.54 Å². The third kappa shape index (κ3) is 3.98. The maximum atomic E-state index is 12.1. The molecule has 0 saturated carbocycles. The predicted octanol–water partition coefficient (Wildman–Crippen LogP) is 2.39. The molecule has 1 atom stereocenters. The molecular weight excluding hydrogens is 256 g/mol. The zero-order valence-electron chi connectivity index (χ0n) is 12.4. The highest BCUT2D eigenvalue weighted by Crippen LogP contribution is 2.11. The number of aryl methyl sites for hydroxylation is 1. The summed E-state index contributed by atoms with van der Waals surface area (Å²) in [4.78, 5) is 24.7. The summed E-state index contributed by atoms with van der Waals surface area (Å²) in [5, 5.41) is 11.7. The summed E-state index contributed by atoms with van der Waals surface area (Å²) in [5.41, 5.74) is 0.897. The molecule has 0 aliphatic rings. The van der Waals surface area contributed by atoms with Crippen LogP contribution in [0.1, 0.15) is 31.4 Å². The molecule has 0 spiro atoms. The number of amides is 2. The molecule has 1 unspecified atom stereocenters. The first-order chi connectivity index (χ1) is 9.28. The summed E-state index contributed by atoms with van der Waals surface area (Å²) in [7, 11) is 1.65. The monoisotopic (exact) mass is 278 g/mol. The number of carbonyl (C=O) groups is 2. The van der Waals surface area contributed by atoms with Gasteiger partial charge in [-0.2, -0.15) is 0 Å². The number of hydrogen-bond acceptors (Lipinski definition) is 2. The van der Waals surface area contributed by atoms with Crippen molar-refractivity contribution in [1.82, 2.24) is 10.2 Å². The number of nitrogens with zero attached hydrogens (tertiary/aromatic N) is 1. The highest BCUT2D eigenvalue weighted by Gasteiger charge is 2.33. The van der Waals surface area contributed by atoms with E-state index in [1.807, 2.05) is 31.2 Å². The predicted molar refractivity (Wildman–Crippen MR) is 77.5 cm³/mol. The summed E-state index contributed by atoms with van der Waals surface area (Å²) in [6, 6.07) is 7.47. The van der Waals surface area contributed by atoms with Crippen LogP contribution in [0.15, 0.2) is 24.3 Å². The molecule has 0 aromatic heterocycles. The van der Waals surface area contributed by atoms with Crippen molar-refractivity contribution in [2.45, 2.75) is 39.3 Å². The van der Waals surface area contributed by atoms with Crippen LogP contribution in [0.3, 0.4) is 0 Å². The molecule has 0 bridgehead atoms. The van der Waals surface area contributed by atoms with Crippen molar-refractivity contribution >= 4 is 12.0 Å². The van der Waals surface area contributed by atoms with E-state index in [1.165, 1.54) is 11.8 Å². The van der Waals surface area contributed by atoms with E-state index in [0.717, 1.165) is 11.1 Å². The molecule has 0 saturated heterocycles. The van der Waals surface area contributed by atoms with E-state index in [9.17, 15) is 9.59 Å². The van der Waals surface area contributed by atoms with Crippen molar-refractivity contribution in [1.29, 1.82) is 0 Å². The second-order valence-corrected chi connectivity index (χ2v) is 5.27. The van der Waals surface area contributed by atoms with Crippen LogP contribution >= 0.6 is 0 Å². The highest BCUT2D eigenvalue weighted by atomic mass is 16.4. The lowest BCUT2D eigenvalue weighted by Crippen LogP contribution is -2.54. The first kappa shape index (κ1) is 16.0. The number of aliphatic carboxylic acids is 1. The molecule has 1 rings (SSSR count). The van der Waals surface area contributed by atoms with Crippen molar-refractivity contribution < 1.29 is 14.7 Å². The van der Waals surface area contributed by atoms with Gasteiger partial charge in [0.05, 0.1) is 0 Å². The fraction of sp³-hybridized carbons (Fsp3) is 0.467. The number of hydrogen-bond donors (Lipinski definition) is 2. The molecule has 1 aromatic rings. The number of urea groups is 1. The van der Waals surface area contributed by atoms with Crippen molar-refractivity contribution in [3.8, 4) is 0 Å². The van der Waals surface area contributed by atoms with Gasteiger partial charge in [0.2, 0.25) is 0 Å². The van der Waals surface area contributed by atoms with Gasteiger partial charge in [-0.25, -0.2) is 9.59 Å². The van der Waals surface area contributed by atoms with Crippen LogP contribution in [0, 0.1) is 6.92 Å². The Hall–Kier alpha value is -2.04. The van der Waals surface area contributed by atoms with Gasteiger partial charge in [-0.15, -0.1) is 0 Å². The maximum absolute atomic E-state index is 12.1. The molecule has 0 radical (unpaired) electrons. The Labute approximate surface area is 119 Å². The van der Waals surface area contributed by atoms with E-state index in [2.05, 4.69) is 5.32 Å². The van der Waals surface area contributed by atoms with Gasteiger partial charge in [-0.05, 0) is 25.8 Å². The second kappa shape index (κ2) is 6.41. The second-order valence-electron chi connectivity index (χ2n) is 5.27. The molecule has 20 heavy (non-hydrogen) atoms. The van der Waals surface area contributed by atoms with Crippen LogP contribution in [0.4, 0.5) is 4.79 Å². The molecule has 2 amide bonds. The van der Waals surface area contributed by atoms with E-state index in [1.54, 1.807) is 14.0 Å². The molecule has 0 aliphatic carbocycles. The minimum atomic E-state index is -1.24. The molecule has 0 aliphatic heterocycles. The van der Waals surface area contributed by atoms with Gasteiger partial charge < -0.3 is 15.3 Å². The lowest BCUT2D eigenvalue weighted by Gasteiger charge is -2.28. The summed E-state index contributed by atoms with van der Waals surface area (Å²) in [5.74, 6) is -1.03. The average Bonchev–Trinajstić information content (AvgIpc) is 2.38. The molecule has 5 heteroatoms. The Kier molecular flexibility index (Phi) is 5.13. The summed E-state index contributed by atoms with van der Waals surface area (Å²) >= 11 is 0. The summed E-state index contributed by atoms with van der Waals surface area (Å²) in [6.07, 6.45) is 0.326. The van der Waals surface area contributed by atoms with Crippen molar-refractivity contribution in [3.63, 3.8) is 0 Å². The molecular formula is C15H22N2O3. The average molecular weight is 278 g/mol. The first-order valence-electron chi connectivity index (χ1n) is 6.60. The van der Waals surface area contributed by atoms with Crippen LogP contribution < -0.4 is 5.32 Å². The van der Waals surface area contributed by atoms with Gasteiger partial charge in [-0.3, -0.25) is 0 Å². The topological polar surface area (TPSA) is 69.6 Å². The normalized spacial score (nSPS) is 13.4. The maximum Gasteiger partial charge on any atom is 0.329 e. The van der Waals surface area contributed by atoms with Gasteiger partial charge in [0, 0.05) is 13.6 Å². The lowest BCUT2D eigenvalue weighted by molar-refractivity contribution is -0.143. The van der Waals surface area contributed by atoms with Crippen LogP contribution in [0.5, 0.6) is 0 Å². The molecule has 2 N–H and O–H groups in total. The zero-order valence-corrected chi connectivity index (χ0v) is 12.4. The van der Waals surface area contributed by atoms with E-state index >= 15 is 0 Å². The molecule has 0 heterocycles. The van der Waals surface area contributed by atoms with Crippen molar-refractivity contribution in [3.05, 3.63) is 35.4 Å². The summed E-state index contributed by atoms with van der Waals surface area (Å²) < 4.78 is 0. The van der Waals surface area contributed by atoms with Gasteiger partial charge in [0.15, 0.2) is 0 Å². The molecule has 0 fully saturated rings. The lowest BCUT2D eigenvalue weighted by atomic mass is 10.00. The van der Waals surface area contributed by atoms with E-state index in [4.69, 9.17) is 5.11 Å². The van der Waals surface area contributed by atoms with Gasteiger partial charge >= 0.3 is 12.0 Å². The minimum Gasteiger partial charge on any atom is -0.480 e. The largest absolute Gasteiger partial charge is 0.480 e. The first-order valence-corrected chi connectivity index (χ1v) is 6.60. The Morgan fingerprint density at radius 3 is 2.55 bits per heavy atom. The number of benzene rings is 1. The summed E-state index contributed by atoms with van der Waals surface area (Å²) in [6.45, 7) is 5.66. The molecule has 110 valence electrons. The number of carbonyl (C=O) groups excluding carboxylic acids is 1. The fourth-order valence-corrected chi connectivity index (χ4v) is 1.78. The smallest absolute Gasteiger partial charge is 0.329 e. The number of rotatable bonds is 5. The van der Waals surface area contributed by atoms with Crippen LogP contribution in [0.25, 0.3) is 0 Å². The number of carboxylic acids is 1. The third-order valence-corrected chi connectivity index (χ3v) is 3.41. The van der Waals surface area contributed by atoms with Crippen molar-refractivity contribution in [2.24, 2.45) is 0 Å². The van der Waals surface area contributed by atoms with Crippen LogP contribution in [0.2, 0.25) is 0 Å². The van der Waals surface area contributed by atoms with E-state index in [0.29, 0.717) is 13.0 Å². The Morgan fingerprint density at radius 2 is 2.05 bits per heavy atom. The third-order valence-electron chi connectivity index (χ3n) is 3.41. The van der Waals surface area contributed by atoms with E-state index < -0.39 is 17.5 Å². The van der Waals surface area contributed by atoms with Crippen LogP contribution in [-0.2, 0) is 11.3 Å². The molecule has 5 nitrogen and oxygen atoms in total. The van der Waals surface area contributed by atoms with Gasteiger partial charge in [0.25, 0.3) is 0 Å². The Morgan fingerprint density at radius 1 is 1.40 bits per heavy atom. The van der Waals surface area contributed by atoms with Gasteiger partial charge in [-0.1, -0.05) is 36.8 Å². The van der Waals surface area contributed by atoms with E-state index in [-0.39, 0.29) is 0 Å². The highest BCUT2D eigenvalue weighted by molar-refractivity contribution is 5.85. The Bertz CT molecular complexity index is 502. The standard InChI is InChI=1S/C15H22N2O3/c1-5-15(3,13(18)19)16-14(20)17(4)10-12-8-6-7-11(2)9-12/h6-9H,5,10H2,1-4H3,(H,16,20)(H,18,19). The minimum absolute atomic E-state index is 0.326. The fourth-order valence-electron chi connectivity index (χ4n) is 1.78. The number of carboxylic acid groups (broad SMARTS) is 1. The van der Waals surface area contributed by atoms with Crippen LogP contribution in [-0.4, -0.2) is 34.6 Å². The SMILES string of the molecule is CCC(C)(NC(=O)N(C)Cc1cccc(C)c1)C(=O)O. The molecule has 1 aromatic carbocycles. The Balaban J connectivity index is 2.70. The van der Waals surface area contributed by atoms with Crippen molar-refractivity contribution in [2.75, 3.05) is 7.05 Å².